The third-order valence-electron chi connectivity index (χ3n) is 3.32. The largest absolute Gasteiger partial charge is 0.399 e. The van der Waals surface area contributed by atoms with E-state index in [9.17, 15) is 4.79 Å². The van der Waals surface area contributed by atoms with Crippen LogP contribution in [0.5, 0.6) is 0 Å². The molecule has 1 unspecified atom stereocenters. The van der Waals surface area contributed by atoms with Crippen molar-refractivity contribution in [1.82, 2.24) is 5.32 Å². The zero-order valence-corrected chi connectivity index (χ0v) is 11.9. The fourth-order valence-corrected chi connectivity index (χ4v) is 2.15. The molecule has 1 atom stereocenters. The predicted molar refractivity (Wildman–Crippen MR) is 80.3 cm³/mol. The number of carbonyl (C=O) groups is 1. The van der Waals surface area contributed by atoms with Gasteiger partial charge in [-0.2, -0.15) is 0 Å². The van der Waals surface area contributed by atoms with Crippen molar-refractivity contribution in [1.29, 1.82) is 0 Å². The van der Waals surface area contributed by atoms with E-state index in [4.69, 9.17) is 11.5 Å². The average molecular weight is 264 g/mol. The molecule has 0 aliphatic rings. The number of rotatable bonds is 6. The molecule has 5 heteroatoms. The van der Waals surface area contributed by atoms with Gasteiger partial charge in [0.15, 0.2) is 0 Å². The van der Waals surface area contributed by atoms with Gasteiger partial charge in [0.25, 0.3) is 0 Å². The summed E-state index contributed by atoms with van der Waals surface area (Å²) in [4.78, 5) is 12.9. The van der Waals surface area contributed by atoms with Crippen molar-refractivity contribution < 1.29 is 4.79 Å². The van der Waals surface area contributed by atoms with Crippen LogP contribution in [0.15, 0.2) is 18.2 Å². The van der Waals surface area contributed by atoms with Crippen LogP contribution in [-0.4, -0.2) is 25.2 Å². The molecular formula is C14H24N4O. The number of nitrogen functional groups attached to an aromatic ring is 1. The number of anilines is 2. The van der Waals surface area contributed by atoms with E-state index in [1.807, 2.05) is 19.1 Å². The van der Waals surface area contributed by atoms with Crippen LogP contribution in [0.3, 0.4) is 0 Å². The van der Waals surface area contributed by atoms with Crippen LogP contribution < -0.4 is 21.7 Å². The summed E-state index contributed by atoms with van der Waals surface area (Å²) in [6.45, 7) is 7.75. The molecule has 0 aliphatic carbocycles. The number of nitrogens with one attached hydrogen (secondary N) is 1. The Bertz CT molecular complexity index is 433. The van der Waals surface area contributed by atoms with Crippen molar-refractivity contribution in [3.05, 3.63) is 23.8 Å². The summed E-state index contributed by atoms with van der Waals surface area (Å²) < 4.78 is 0. The first-order chi connectivity index (χ1) is 8.95. The van der Waals surface area contributed by atoms with E-state index in [2.05, 4.69) is 30.1 Å². The lowest BCUT2D eigenvalue weighted by molar-refractivity contribution is 0.248. The molecule has 5 nitrogen and oxygen atoms in total. The molecule has 0 heterocycles. The second kappa shape index (κ2) is 6.87. The molecule has 19 heavy (non-hydrogen) atoms. The van der Waals surface area contributed by atoms with E-state index in [-0.39, 0.29) is 0 Å². The quantitative estimate of drug-likeness (QED) is 0.685. The van der Waals surface area contributed by atoms with Gasteiger partial charge in [-0.25, -0.2) is 4.79 Å². The second-order valence-corrected chi connectivity index (χ2v) is 4.76. The van der Waals surface area contributed by atoms with Crippen molar-refractivity contribution in [2.24, 2.45) is 5.73 Å². The third-order valence-corrected chi connectivity index (χ3v) is 3.32. The standard InChI is InChI=1S/C14H24N4O/c1-4-18(11(3)7-8-17-14(16)19)12-5-6-13(15)10(2)9-12/h5-6,9,11H,4,7-8,15H2,1-3H3,(H3,16,17,19). The molecule has 0 aromatic heterocycles. The van der Waals surface area contributed by atoms with Crippen molar-refractivity contribution in [3.8, 4) is 0 Å². The van der Waals surface area contributed by atoms with E-state index in [0.717, 1.165) is 29.9 Å². The van der Waals surface area contributed by atoms with Gasteiger partial charge in [0.2, 0.25) is 0 Å². The van der Waals surface area contributed by atoms with E-state index in [1.54, 1.807) is 0 Å². The van der Waals surface area contributed by atoms with E-state index in [0.29, 0.717) is 12.6 Å². The molecule has 0 saturated heterocycles. The lowest BCUT2D eigenvalue weighted by Crippen LogP contribution is -2.37. The Morgan fingerprint density at radius 2 is 2.16 bits per heavy atom. The zero-order valence-electron chi connectivity index (χ0n) is 11.9. The molecule has 0 saturated carbocycles. The molecule has 0 radical (unpaired) electrons. The van der Waals surface area contributed by atoms with E-state index < -0.39 is 6.03 Å². The lowest BCUT2D eigenvalue weighted by atomic mass is 10.1. The van der Waals surface area contributed by atoms with E-state index >= 15 is 0 Å². The number of hydrogen-bond acceptors (Lipinski definition) is 3. The molecular weight excluding hydrogens is 240 g/mol. The Balaban J connectivity index is 2.70. The van der Waals surface area contributed by atoms with Gasteiger partial charge in [-0.05, 0) is 51.0 Å². The van der Waals surface area contributed by atoms with Crippen LogP contribution in [0.1, 0.15) is 25.8 Å². The molecule has 1 rings (SSSR count). The Labute approximate surface area is 115 Å². The highest BCUT2D eigenvalue weighted by atomic mass is 16.2. The van der Waals surface area contributed by atoms with Crippen molar-refractivity contribution in [2.75, 3.05) is 23.7 Å². The number of benzene rings is 1. The summed E-state index contributed by atoms with van der Waals surface area (Å²) in [5.74, 6) is 0. The fraction of sp³-hybridized carbons (Fsp3) is 0.500. The number of aryl methyl sites for hydroxylation is 1. The lowest BCUT2D eigenvalue weighted by Gasteiger charge is -2.30. The maximum atomic E-state index is 10.7. The highest BCUT2D eigenvalue weighted by Gasteiger charge is 2.13. The van der Waals surface area contributed by atoms with Crippen LogP contribution >= 0.6 is 0 Å². The first kappa shape index (κ1) is 15.1. The molecule has 106 valence electrons. The van der Waals surface area contributed by atoms with Gasteiger partial charge < -0.3 is 21.7 Å². The monoisotopic (exact) mass is 264 g/mol. The Hall–Kier alpha value is -1.91. The van der Waals surface area contributed by atoms with Crippen molar-refractivity contribution in [2.45, 2.75) is 33.2 Å². The van der Waals surface area contributed by atoms with Gasteiger partial charge in [0.05, 0.1) is 0 Å². The minimum absolute atomic E-state index is 0.319. The number of carbonyl (C=O) groups excluding carboxylic acids is 1. The number of hydrogen-bond donors (Lipinski definition) is 3. The number of nitrogens with zero attached hydrogens (tertiary/aromatic N) is 1. The van der Waals surface area contributed by atoms with Crippen LogP contribution in [0, 0.1) is 6.92 Å². The molecule has 0 fully saturated rings. The summed E-state index contributed by atoms with van der Waals surface area (Å²) >= 11 is 0. The van der Waals surface area contributed by atoms with Crippen LogP contribution in [0.2, 0.25) is 0 Å². The van der Waals surface area contributed by atoms with Crippen LogP contribution in [0.4, 0.5) is 16.2 Å². The summed E-state index contributed by atoms with van der Waals surface area (Å²) in [5.41, 5.74) is 13.9. The van der Waals surface area contributed by atoms with Crippen LogP contribution in [-0.2, 0) is 0 Å². The molecule has 0 aliphatic heterocycles. The number of urea groups is 1. The molecule has 0 bridgehead atoms. The minimum atomic E-state index is -0.474. The maximum Gasteiger partial charge on any atom is 0.312 e. The molecule has 0 spiro atoms. The average Bonchev–Trinajstić information content (AvgIpc) is 2.34. The highest BCUT2D eigenvalue weighted by Crippen LogP contribution is 2.22. The summed E-state index contributed by atoms with van der Waals surface area (Å²) in [5, 5.41) is 2.62. The van der Waals surface area contributed by atoms with Crippen molar-refractivity contribution in [3.63, 3.8) is 0 Å². The fourth-order valence-electron chi connectivity index (χ4n) is 2.15. The summed E-state index contributed by atoms with van der Waals surface area (Å²) in [6.07, 6.45) is 0.847. The topological polar surface area (TPSA) is 84.4 Å². The normalized spacial score (nSPS) is 11.9. The predicted octanol–water partition coefficient (Wildman–Crippen LogP) is 1.85. The summed E-state index contributed by atoms with van der Waals surface area (Å²) in [7, 11) is 0. The molecule has 1 aromatic rings. The first-order valence-electron chi connectivity index (χ1n) is 6.61. The van der Waals surface area contributed by atoms with E-state index in [1.165, 1.54) is 0 Å². The van der Waals surface area contributed by atoms with Gasteiger partial charge in [0, 0.05) is 30.5 Å². The Kier molecular flexibility index (Phi) is 5.48. The number of primary amides is 1. The first-order valence-corrected chi connectivity index (χ1v) is 6.61. The zero-order chi connectivity index (χ0) is 14.4. The minimum Gasteiger partial charge on any atom is -0.399 e. The van der Waals surface area contributed by atoms with Crippen molar-refractivity contribution >= 4 is 17.4 Å². The van der Waals surface area contributed by atoms with Gasteiger partial charge in [-0.1, -0.05) is 0 Å². The van der Waals surface area contributed by atoms with Gasteiger partial charge in [-0.3, -0.25) is 0 Å². The SMILES string of the molecule is CCN(c1ccc(N)c(C)c1)C(C)CCNC(N)=O. The second-order valence-electron chi connectivity index (χ2n) is 4.76. The number of amides is 2. The van der Waals surface area contributed by atoms with Gasteiger partial charge in [0.1, 0.15) is 0 Å². The molecule has 1 aromatic carbocycles. The highest BCUT2D eigenvalue weighted by molar-refractivity contribution is 5.71. The Morgan fingerprint density at radius 3 is 2.68 bits per heavy atom. The van der Waals surface area contributed by atoms with Gasteiger partial charge >= 0.3 is 6.03 Å². The smallest absolute Gasteiger partial charge is 0.312 e. The molecule has 2 amide bonds. The van der Waals surface area contributed by atoms with Gasteiger partial charge in [-0.15, -0.1) is 0 Å². The molecule has 5 N–H and O–H groups in total. The maximum absolute atomic E-state index is 10.7. The van der Waals surface area contributed by atoms with Crippen LogP contribution in [0.25, 0.3) is 0 Å². The third kappa shape index (κ3) is 4.35. The summed E-state index contributed by atoms with van der Waals surface area (Å²) in [6, 6.07) is 5.90. The Morgan fingerprint density at radius 1 is 1.47 bits per heavy atom. The number of nitrogens with two attached hydrogens (primary N) is 2.